The average Bonchev–Trinajstić information content (AvgIpc) is 2.05. The van der Waals surface area contributed by atoms with Crippen LogP contribution in [0.3, 0.4) is 0 Å². The van der Waals surface area contributed by atoms with Crippen LogP contribution in [0.15, 0.2) is 36.6 Å². The first-order valence-corrected chi connectivity index (χ1v) is 4.50. The van der Waals surface area contributed by atoms with Gasteiger partial charge in [0.25, 0.3) is 0 Å². The molecule has 1 N–H and O–H groups in total. The average molecular weight is 165 g/mol. The molecule has 0 fully saturated rings. The largest absolute Gasteiger partial charge is 0.391 e. The van der Waals surface area contributed by atoms with Crippen molar-refractivity contribution in [3.8, 4) is 0 Å². The predicted molar refractivity (Wildman–Crippen MR) is 56.0 cm³/mol. The van der Waals surface area contributed by atoms with Crippen LogP contribution in [0, 0.1) is 0 Å². The van der Waals surface area contributed by atoms with E-state index in [0.717, 1.165) is 6.54 Å². The standard InChI is InChI=1S/C11H19N/c1-4-6-9-12-10-8-11(3)7-5-2/h5,7-8,10,12H,2,4,6,9H2,1,3H3/b10-8-,11-7-. The van der Waals surface area contributed by atoms with Gasteiger partial charge in [-0.15, -0.1) is 0 Å². The van der Waals surface area contributed by atoms with Gasteiger partial charge in [0, 0.05) is 6.54 Å². The molecule has 0 aliphatic carbocycles. The van der Waals surface area contributed by atoms with E-state index in [1.165, 1.54) is 18.4 Å². The van der Waals surface area contributed by atoms with Crippen molar-refractivity contribution in [2.45, 2.75) is 26.7 Å². The Hall–Kier alpha value is -0.980. The van der Waals surface area contributed by atoms with E-state index in [1.807, 2.05) is 12.3 Å². The number of hydrogen-bond acceptors (Lipinski definition) is 1. The molecule has 0 aromatic rings. The van der Waals surface area contributed by atoms with E-state index in [2.05, 4.69) is 31.8 Å². The Morgan fingerprint density at radius 3 is 2.83 bits per heavy atom. The number of rotatable bonds is 6. The molecule has 0 aliphatic heterocycles. The summed E-state index contributed by atoms with van der Waals surface area (Å²) in [5.41, 5.74) is 1.22. The summed E-state index contributed by atoms with van der Waals surface area (Å²) in [5, 5.41) is 3.22. The molecule has 1 heteroatoms. The van der Waals surface area contributed by atoms with Crippen LogP contribution >= 0.6 is 0 Å². The lowest BCUT2D eigenvalue weighted by Crippen LogP contribution is -2.05. The Morgan fingerprint density at radius 2 is 2.25 bits per heavy atom. The Morgan fingerprint density at radius 1 is 1.50 bits per heavy atom. The number of hydrogen-bond donors (Lipinski definition) is 1. The zero-order valence-corrected chi connectivity index (χ0v) is 8.14. The molecule has 12 heavy (non-hydrogen) atoms. The van der Waals surface area contributed by atoms with Crippen LogP contribution in [-0.4, -0.2) is 6.54 Å². The highest BCUT2D eigenvalue weighted by Gasteiger charge is 1.79. The van der Waals surface area contributed by atoms with Crippen LogP contribution in [0.4, 0.5) is 0 Å². The minimum atomic E-state index is 1.06. The van der Waals surface area contributed by atoms with E-state index in [9.17, 15) is 0 Å². The number of allylic oxidation sites excluding steroid dienone is 4. The molecular weight excluding hydrogens is 146 g/mol. The highest BCUT2D eigenvalue weighted by molar-refractivity contribution is 5.19. The second-order valence-corrected chi connectivity index (χ2v) is 2.79. The summed E-state index contributed by atoms with van der Waals surface area (Å²) in [6.45, 7) is 8.94. The van der Waals surface area contributed by atoms with Gasteiger partial charge in [0.2, 0.25) is 0 Å². The molecule has 0 heterocycles. The van der Waals surface area contributed by atoms with Gasteiger partial charge in [-0.25, -0.2) is 0 Å². The van der Waals surface area contributed by atoms with Gasteiger partial charge in [-0.05, 0) is 31.2 Å². The molecule has 1 nitrogen and oxygen atoms in total. The molecule has 0 aliphatic rings. The molecule has 68 valence electrons. The lowest BCUT2D eigenvalue weighted by molar-refractivity contribution is 0.735. The predicted octanol–water partition coefficient (Wildman–Crippen LogP) is 3.02. The summed E-state index contributed by atoms with van der Waals surface area (Å²) in [6.07, 6.45) is 10.3. The smallest absolute Gasteiger partial charge is 0.0141 e. The Bertz CT molecular complexity index is 166. The Kier molecular flexibility index (Phi) is 7.46. The van der Waals surface area contributed by atoms with Crippen molar-refractivity contribution in [2.75, 3.05) is 6.54 Å². The van der Waals surface area contributed by atoms with Crippen molar-refractivity contribution >= 4 is 0 Å². The summed E-state index contributed by atoms with van der Waals surface area (Å²) in [5.74, 6) is 0. The maximum atomic E-state index is 3.63. The van der Waals surface area contributed by atoms with Gasteiger partial charge < -0.3 is 5.32 Å². The van der Waals surface area contributed by atoms with E-state index < -0.39 is 0 Å². The molecule has 0 aromatic carbocycles. The normalized spacial score (nSPS) is 12.0. The summed E-state index contributed by atoms with van der Waals surface area (Å²) in [7, 11) is 0. The minimum absolute atomic E-state index is 1.06. The molecule has 0 amide bonds. The third-order valence-electron chi connectivity index (χ3n) is 1.52. The second kappa shape index (κ2) is 8.12. The first-order chi connectivity index (χ1) is 5.81. The first-order valence-electron chi connectivity index (χ1n) is 4.50. The van der Waals surface area contributed by atoms with Crippen molar-refractivity contribution in [2.24, 2.45) is 0 Å². The second-order valence-electron chi connectivity index (χ2n) is 2.79. The lowest BCUT2D eigenvalue weighted by Gasteiger charge is -1.96. The fourth-order valence-corrected chi connectivity index (χ4v) is 0.794. The highest BCUT2D eigenvalue weighted by atomic mass is 14.8. The monoisotopic (exact) mass is 165 g/mol. The van der Waals surface area contributed by atoms with Crippen LogP contribution < -0.4 is 5.32 Å². The van der Waals surface area contributed by atoms with Crippen molar-refractivity contribution in [1.29, 1.82) is 0 Å². The summed E-state index contributed by atoms with van der Waals surface area (Å²) in [4.78, 5) is 0. The topological polar surface area (TPSA) is 12.0 Å². The van der Waals surface area contributed by atoms with E-state index in [-0.39, 0.29) is 0 Å². The van der Waals surface area contributed by atoms with Crippen LogP contribution in [0.1, 0.15) is 26.7 Å². The quantitative estimate of drug-likeness (QED) is 0.471. The van der Waals surface area contributed by atoms with Gasteiger partial charge >= 0.3 is 0 Å². The summed E-state index contributed by atoms with van der Waals surface area (Å²) < 4.78 is 0. The van der Waals surface area contributed by atoms with Crippen LogP contribution in [-0.2, 0) is 0 Å². The SMILES string of the molecule is C=C/C=C(C)\C=C/NCCCC. The van der Waals surface area contributed by atoms with Gasteiger partial charge in [0.1, 0.15) is 0 Å². The highest BCUT2D eigenvalue weighted by Crippen LogP contribution is 1.93. The molecule has 0 unspecified atom stereocenters. The van der Waals surface area contributed by atoms with E-state index in [0.29, 0.717) is 0 Å². The molecular formula is C11H19N. The van der Waals surface area contributed by atoms with E-state index in [4.69, 9.17) is 0 Å². The fraction of sp³-hybridized carbons (Fsp3) is 0.455. The van der Waals surface area contributed by atoms with Gasteiger partial charge in [0.15, 0.2) is 0 Å². The molecule has 0 bridgehead atoms. The minimum Gasteiger partial charge on any atom is -0.391 e. The van der Waals surface area contributed by atoms with E-state index >= 15 is 0 Å². The zero-order valence-electron chi connectivity index (χ0n) is 8.14. The molecule has 0 atom stereocenters. The van der Waals surface area contributed by atoms with Crippen LogP contribution in [0.25, 0.3) is 0 Å². The molecule has 0 radical (unpaired) electrons. The van der Waals surface area contributed by atoms with Crippen LogP contribution in [0.2, 0.25) is 0 Å². The van der Waals surface area contributed by atoms with Gasteiger partial charge in [-0.2, -0.15) is 0 Å². The number of unbranched alkanes of at least 4 members (excludes halogenated alkanes) is 1. The molecule has 0 rings (SSSR count). The van der Waals surface area contributed by atoms with Crippen molar-refractivity contribution in [3.05, 3.63) is 36.6 Å². The summed E-state index contributed by atoms with van der Waals surface area (Å²) in [6, 6.07) is 0. The number of nitrogens with one attached hydrogen (secondary N) is 1. The van der Waals surface area contributed by atoms with Crippen LogP contribution in [0.5, 0.6) is 0 Å². The van der Waals surface area contributed by atoms with Gasteiger partial charge in [-0.1, -0.05) is 32.1 Å². The Balaban J connectivity index is 3.47. The Labute approximate surface area is 75.9 Å². The van der Waals surface area contributed by atoms with Crippen molar-refractivity contribution < 1.29 is 0 Å². The lowest BCUT2D eigenvalue weighted by atomic mass is 10.3. The van der Waals surface area contributed by atoms with E-state index in [1.54, 1.807) is 6.08 Å². The maximum absolute atomic E-state index is 3.63. The van der Waals surface area contributed by atoms with Crippen molar-refractivity contribution in [3.63, 3.8) is 0 Å². The van der Waals surface area contributed by atoms with Gasteiger partial charge in [0.05, 0.1) is 0 Å². The first kappa shape index (κ1) is 11.0. The molecule has 0 saturated heterocycles. The maximum Gasteiger partial charge on any atom is 0.0141 e. The molecule has 0 saturated carbocycles. The van der Waals surface area contributed by atoms with Gasteiger partial charge in [-0.3, -0.25) is 0 Å². The summed E-state index contributed by atoms with van der Waals surface area (Å²) >= 11 is 0. The molecule has 0 spiro atoms. The third kappa shape index (κ3) is 7.13. The zero-order chi connectivity index (χ0) is 9.23. The third-order valence-corrected chi connectivity index (χ3v) is 1.52. The molecule has 0 aromatic heterocycles. The van der Waals surface area contributed by atoms with Crippen molar-refractivity contribution in [1.82, 2.24) is 5.32 Å². The fourth-order valence-electron chi connectivity index (χ4n) is 0.794.